The molecule has 0 N–H and O–H groups in total. The van der Waals surface area contributed by atoms with Crippen LogP contribution in [0.1, 0.15) is 6.92 Å². The van der Waals surface area contributed by atoms with Gasteiger partial charge in [-0.25, -0.2) is 0 Å². The highest BCUT2D eigenvalue weighted by molar-refractivity contribution is 5.69. The Labute approximate surface area is 151 Å². The summed E-state index contributed by atoms with van der Waals surface area (Å²) in [7, 11) is 1.62. The van der Waals surface area contributed by atoms with Crippen LogP contribution in [0.5, 0.6) is 34.5 Å². The highest BCUT2D eigenvalue weighted by Crippen LogP contribution is 2.28. The van der Waals surface area contributed by atoms with Crippen LogP contribution < -0.4 is 18.9 Å². The molecule has 0 bridgehead atoms. The van der Waals surface area contributed by atoms with Gasteiger partial charge in [-0.15, -0.1) is 0 Å². The van der Waals surface area contributed by atoms with E-state index in [9.17, 15) is 4.79 Å². The van der Waals surface area contributed by atoms with Crippen molar-refractivity contribution in [1.82, 2.24) is 0 Å². The number of hydrogen-bond donors (Lipinski definition) is 0. The first-order chi connectivity index (χ1) is 12.6. The van der Waals surface area contributed by atoms with Crippen molar-refractivity contribution in [3.8, 4) is 34.5 Å². The maximum Gasteiger partial charge on any atom is 0.308 e. The third kappa shape index (κ3) is 4.77. The van der Waals surface area contributed by atoms with E-state index in [1.807, 2.05) is 48.5 Å². The van der Waals surface area contributed by atoms with Crippen molar-refractivity contribution in [3.05, 3.63) is 72.8 Å². The molecule has 0 amide bonds. The van der Waals surface area contributed by atoms with Crippen molar-refractivity contribution in [2.75, 3.05) is 7.11 Å². The summed E-state index contributed by atoms with van der Waals surface area (Å²) in [6.45, 7) is 1.36. The van der Waals surface area contributed by atoms with E-state index in [4.69, 9.17) is 18.9 Å². The van der Waals surface area contributed by atoms with E-state index in [1.54, 1.807) is 31.4 Å². The van der Waals surface area contributed by atoms with Crippen LogP contribution in [0.25, 0.3) is 0 Å². The molecule has 0 saturated heterocycles. The monoisotopic (exact) mass is 350 g/mol. The van der Waals surface area contributed by atoms with Gasteiger partial charge in [0.1, 0.15) is 34.5 Å². The summed E-state index contributed by atoms with van der Waals surface area (Å²) in [5.41, 5.74) is 0. The molecule has 0 saturated carbocycles. The molecule has 3 aromatic rings. The zero-order valence-electron chi connectivity index (χ0n) is 14.5. The van der Waals surface area contributed by atoms with Crippen molar-refractivity contribution in [1.29, 1.82) is 0 Å². The molecule has 0 unspecified atom stereocenters. The van der Waals surface area contributed by atoms with Crippen LogP contribution in [0.3, 0.4) is 0 Å². The predicted molar refractivity (Wildman–Crippen MR) is 97.3 cm³/mol. The lowest BCUT2D eigenvalue weighted by Gasteiger charge is -2.09. The number of methoxy groups -OCH3 is 1. The third-order valence-corrected chi connectivity index (χ3v) is 3.44. The molecule has 5 heteroatoms. The average Bonchev–Trinajstić information content (AvgIpc) is 2.65. The van der Waals surface area contributed by atoms with Crippen molar-refractivity contribution in [3.63, 3.8) is 0 Å². The van der Waals surface area contributed by atoms with Crippen LogP contribution in [-0.4, -0.2) is 13.1 Å². The minimum Gasteiger partial charge on any atom is -0.497 e. The minimum atomic E-state index is -0.355. The van der Waals surface area contributed by atoms with E-state index in [1.165, 1.54) is 6.92 Å². The van der Waals surface area contributed by atoms with Gasteiger partial charge in [-0.05, 0) is 72.8 Å². The molecule has 0 aromatic heterocycles. The molecule has 0 aliphatic rings. The minimum absolute atomic E-state index is 0.355. The Morgan fingerprint density at radius 1 is 0.577 bits per heavy atom. The lowest BCUT2D eigenvalue weighted by atomic mass is 10.3. The van der Waals surface area contributed by atoms with Gasteiger partial charge in [0.15, 0.2) is 0 Å². The largest absolute Gasteiger partial charge is 0.497 e. The number of rotatable bonds is 6. The normalized spacial score (nSPS) is 10.1. The summed E-state index contributed by atoms with van der Waals surface area (Å²) in [6, 6.07) is 21.5. The van der Waals surface area contributed by atoms with Crippen LogP contribution >= 0.6 is 0 Å². The Morgan fingerprint density at radius 3 is 1.19 bits per heavy atom. The van der Waals surface area contributed by atoms with E-state index >= 15 is 0 Å². The van der Waals surface area contributed by atoms with Crippen LogP contribution in [0.2, 0.25) is 0 Å². The zero-order chi connectivity index (χ0) is 18.4. The van der Waals surface area contributed by atoms with E-state index < -0.39 is 0 Å². The number of benzene rings is 3. The Morgan fingerprint density at radius 2 is 0.885 bits per heavy atom. The first-order valence-corrected chi connectivity index (χ1v) is 8.01. The number of hydrogen-bond acceptors (Lipinski definition) is 5. The fourth-order valence-electron chi connectivity index (χ4n) is 2.23. The Kier molecular flexibility index (Phi) is 5.39. The van der Waals surface area contributed by atoms with Gasteiger partial charge >= 0.3 is 5.97 Å². The summed E-state index contributed by atoms with van der Waals surface area (Å²) < 4.78 is 21.6. The summed E-state index contributed by atoms with van der Waals surface area (Å²) in [5.74, 6) is 3.64. The van der Waals surface area contributed by atoms with Gasteiger partial charge in [0.25, 0.3) is 0 Å². The standard InChI is InChI=1S/C21H18O5/c1-15(22)24-17-7-9-19(10-8-17)26-21-13-11-20(12-14-21)25-18-5-3-16(23-2)4-6-18/h3-14H,1-2H3. The molecule has 0 fully saturated rings. The molecule has 0 aliphatic heterocycles. The Bertz CT molecular complexity index is 852. The molecule has 3 rings (SSSR count). The van der Waals surface area contributed by atoms with Gasteiger partial charge in [-0.3, -0.25) is 4.79 Å². The van der Waals surface area contributed by atoms with Crippen LogP contribution in [0, 0.1) is 0 Å². The molecule has 0 heterocycles. The zero-order valence-corrected chi connectivity index (χ0v) is 14.5. The maximum absolute atomic E-state index is 10.9. The number of carbonyl (C=O) groups excluding carboxylic acids is 1. The molecule has 3 aromatic carbocycles. The summed E-state index contributed by atoms with van der Waals surface area (Å²) in [4.78, 5) is 10.9. The van der Waals surface area contributed by atoms with Crippen LogP contribution in [-0.2, 0) is 4.79 Å². The molecule has 0 radical (unpaired) electrons. The molecule has 0 aliphatic carbocycles. The molecule has 0 spiro atoms. The lowest BCUT2D eigenvalue weighted by Crippen LogP contribution is -2.00. The quantitative estimate of drug-likeness (QED) is 0.451. The first kappa shape index (κ1) is 17.4. The molecule has 132 valence electrons. The third-order valence-electron chi connectivity index (χ3n) is 3.44. The van der Waals surface area contributed by atoms with Crippen LogP contribution in [0.4, 0.5) is 0 Å². The molecular weight excluding hydrogens is 332 g/mol. The van der Waals surface area contributed by atoms with E-state index in [2.05, 4.69) is 0 Å². The van der Waals surface area contributed by atoms with Gasteiger partial charge in [0.05, 0.1) is 7.11 Å². The lowest BCUT2D eigenvalue weighted by molar-refractivity contribution is -0.131. The second-order valence-electron chi connectivity index (χ2n) is 5.42. The summed E-state index contributed by atoms with van der Waals surface area (Å²) in [5, 5.41) is 0. The topological polar surface area (TPSA) is 54.0 Å². The summed E-state index contributed by atoms with van der Waals surface area (Å²) in [6.07, 6.45) is 0. The van der Waals surface area contributed by atoms with Gasteiger partial charge < -0.3 is 18.9 Å². The maximum atomic E-state index is 10.9. The van der Waals surface area contributed by atoms with E-state index in [0.29, 0.717) is 23.0 Å². The Balaban J connectivity index is 1.60. The van der Waals surface area contributed by atoms with Gasteiger partial charge in [-0.1, -0.05) is 0 Å². The van der Waals surface area contributed by atoms with Gasteiger partial charge in [-0.2, -0.15) is 0 Å². The highest BCUT2D eigenvalue weighted by Gasteiger charge is 2.02. The molecule has 26 heavy (non-hydrogen) atoms. The summed E-state index contributed by atoms with van der Waals surface area (Å²) >= 11 is 0. The van der Waals surface area contributed by atoms with Crippen molar-refractivity contribution < 1.29 is 23.7 Å². The number of esters is 1. The second-order valence-corrected chi connectivity index (χ2v) is 5.42. The van der Waals surface area contributed by atoms with Crippen molar-refractivity contribution in [2.45, 2.75) is 6.92 Å². The molecule has 0 atom stereocenters. The van der Waals surface area contributed by atoms with E-state index in [-0.39, 0.29) is 5.97 Å². The molecule has 5 nitrogen and oxygen atoms in total. The Hall–Kier alpha value is -3.47. The average molecular weight is 350 g/mol. The smallest absolute Gasteiger partial charge is 0.308 e. The van der Waals surface area contributed by atoms with Crippen molar-refractivity contribution in [2.24, 2.45) is 0 Å². The predicted octanol–water partition coefficient (Wildman–Crippen LogP) is 5.21. The van der Waals surface area contributed by atoms with Crippen molar-refractivity contribution >= 4 is 5.97 Å². The number of ether oxygens (including phenoxy) is 4. The van der Waals surface area contributed by atoms with Crippen LogP contribution in [0.15, 0.2) is 72.8 Å². The van der Waals surface area contributed by atoms with E-state index in [0.717, 1.165) is 11.5 Å². The van der Waals surface area contributed by atoms with Gasteiger partial charge in [0.2, 0.25) is 0 Å². The fraction of sp³-hybridized carbons (Fsp3) is 0.0952. The van der Waals surface area contributed by atoms with Gasteiger partial charge in [0, 0.05) is 6.92 Å². The second kappa shape index (κ2) is 8.07. The highest BCUT2D eigenvalue weighted by atomic mass is 16.5. The SMILES string of the molecule is COc1ccc(Oc2ccc(Oc3ccc(OC(C)=O)cc3)cc2)cc1. The fourth-order valence-corrected chi connectivity index (χ4v) is 2.23. The number of carbonyl (C=O) groups is 1. The molecular formula is C21H18O5. The first-order valence-electron chi connectivity index (χ1n) is 8.01.